The van der Waals surface area contributed by atoms with Gasteiger partial charge in [-0.15, -0.1) is 0 Å². The number of rotatable bonds is 5. The first kappa shape index (κ1) is 26.2. The van der Waals surface area contributed by atoms with Gasteiger partial charge in [0.15, 0.2) is 12.1 Å². The molecule has 8 heteroatoms. The number of aliphatic hydroxyl groups excluding tert-OH is 4. The van der Waals surface area contributed by atoms with E-state index in [0.29, 0.717) is 23.8 Å². The predicted molar refractivity (Wildman–Crippen MR) is 129 cm³/mol. The van der Waals surface area contributed by atoms with Gasteiger partial charge in [-0.3, -0.25) is 9.59 Å². The third-order valence-electron chi connectivity index (χ3n) is 9.55. The van der Waals surface area contributed by atoms with Gasteiger partial charge in [-0.2, -0.15) is 0 Å². The van der Waals surface area contributed by atoms with E-state index in [1.54, 1.807) is 0 Å². The lowest BCUT2D eigenvalue weighted by Gasteiger charge is -2.58. The third-order valence-corrected chi connectivity index (χ3v) is 9.55. The Morgan fingerprint density at radius 2 is 1.80 bits per heavy atom. The largest absolute Gasteiger partial charge is 0.394 e. The lowest BCUT2D eigenvalue weighted by atomic mass is 9.46. The molecule has 0 radical (unpaired) electrons. The highest BCUT2D eigenvalue weighted by Crippen LogP contribution is 2.62. The summed E-state index contributed by atoms with van der Waals surface area (Å²) in [5.41, 5.74) is 1.81. The van der Waals surface area contributed by atoms with Crippen LogP contribution in [0.1, 0.15) is 59.8 Å². The van der Waals surface area contributed by atoms with Crippen LogP contribution in [0.5, 0.6) is 0 Å². The summed E-state index contributed by atoms with van der Waals surface area (Å²) >= 11 is 0. The minimum absolute atomic E-state index is 0.0665. The molecule has 9 atom stereocenters. The van der Waals surface area contributed by atoms with E-state index in [9.17, 15) is 30.0 Å². The summed E-state index contributed by atoms with van der Waals surface area (Å²) in [6.07, 6.45) is 4.06. The van der Waals surface area contributed by atoms with Crippen LogP contribution in [-0.4, -0.2) is 69.2 Å². The molecule has 4 aliphatic rings. The predicted octanol–water partition coefficient (Wildman–Crippen LogP) is 1.53. The molecule has 0 aromatic rings. The average molecular weight is 490 g/mol. The van der Waals surface area contributed by atoms with Crippen LogP contribution in [0.4, 0.5) is 0 Å². The van der Waals surface area contributed by atoms with Gasteiger partial charge in [0.05, 0.1) is 12.3 Å². The number of aliphatic hydroxyl groups is 4. The summed E-state index contributed by atoms with van der Waals surface area (Å²) in [4.78, 5) is 26.1. The summed E-state index contributed by atoms with van der Waals surface area (Å²) in [5.74, 6) is 0.129. The Morgan fingerprint density at radius 1 is 1.09 bits per heavy atom. The summed E-state index contributed by atoms with van der Waals surface area (Å²) in [5, 5.41) is 42.6. The van der Waals surface area contributed by atoms with Gasteiger partial charge in [0.25, 0.3) is 0 Å². The van der Waals surface area contributed by atoms with Gasteiger partial charge in [0.2, 0.25) is 5.78 Å². The minimum Gasteiger partial charge on any atom is -0.394 e. The van der Waals surface area contributed by atoms with Crippen LogP contribution in [0, 0.1) is 22.7 Å². The Kier molecular flexibility index (Phi) is 7.16. The fourth-order valence-corrected chi connectivity index (χ4v) is 6.90. The highest BCUT2D eigenvalue weighted by atomic mass is 16.6. The number of nitrogens with one attached hydrogen (secondary N) is 1. The first-order valence-corrected chi connectivity index (χ1v) is 12.7. The van der Waals surface area contributed by atoms with Crippen LogP contribution in [-0.2, 0) is 14.3 Å². The van der Waals surface area contributed by atoms with Crippen molar-refractivity contribution in [2.45, 2.75) is 90.4 Å². The topological polar surface area (TPSA) is 136 Å². The van der Waals surface area contributed by atoms with Crippen molar-refractivity contribution < 1.29 is 34.8 Å². The van der Waals surface area contributed by atoms with E-state index < -0.39 is 43.0 Å². The summed E-state index contributed by atoms with van der Waals surface area (Å²) in [6.45, 7) is 8.49. The van der Waals surface area contributed by atoms with Crippen molar-refractivity contribution >= 4 is 11.6 Å². The molecule has 1 heterocycles. The molecule has 8 nitrogen and oxygen atoms in total. The zero-order chi connectivity index (χ0) is 25.7. The maximum atomic E-state index is 13.2. The van der Waals surface area contributed by atoms with Crippen molar-refractivity contribution in [1.82, 2.24) is 5.32 Å². The summed E-state index contributed by atoms with van der Waals surface area (Å²) in [7, 11) is 0. The second-order valence-electron chi connectivity index (χ2n) is 11.4. The fraction of sp³-hybridized carbons (Fsp3) is 0.704. The molecular weight excluding hydrogens is 450 g/mol. The van der Waals surface area contributed by atoms with Crippen LogP contribution in [0.25, 0.3) is 0 Å². The molecule has 0 spiro atoms. The van der Waals surface area contributed by atoms with Crippen molar-refractivity contribution in [3.63, 3.8) is 0 Å². The number of hydrogen-bond acceptors (Lipinski definition) is 8. The van der Waals surface area contributed by atoms with Crippen molar-refractivity contribution in [3.8, 4) is 0 Å². The van der Waals surface area contributed by atoms with E-state index in [2.05, 4.69) is 39.1 Å². The van der Waals surface area contributed by atoms with Gasteiger partial charge in [0, 0.05) is 11.6 Å². The lowest BCUT2D eigenvalue weighted by molar-refractivity contribution is -0.253. The number of allylic oxidation sites excluding steroid dienone is 5. The maximum Gasteiger partial charge on any atom is 0.202 e. The minimum atomic E-state index is -1.58. The number of ketones is 2. The second-order valence-corrected chi connectivity index (χ2v) is 11.4. The monoisotopic (exact) mass is 489 g/mol. The Morgan fingerprint density at radius 3 is 2.49 bits per heavy atom. The highest BCUT2D eigenvalue weighted by Gasteiger charge is 2.54. The molecule has 194 valence electrons. The molecule has 2 fully saturated rings. The van der Waals surface area contributed by atoms with Crippen LogP contribution in [0.2, 0.25) is 0 Å². The highest BCUT2D eigenvalue weighted by molar-refractivity contribution is 6.19. The zero-order valence-corrected chi connectivity index (χ0v) is 21.0. The van der Waals surface area contributed by atoms with E-state index in [-0.39, 0.29) is 22.3 Å². The smallest absolute Gasteiger partial charge is 0.202 e. The number of ether oxygens (including phenoxy) is 1. The van der Waals surface area contributed by atoms with Crippen LogP contribution in [0.15, 0.2) is 35.1 Å². The van der Waals surface area contributed by atoms with E-state index in [4.69, 9.17) is 4.74 Å². The summed E-state index contributed by atoms with van der Waals surface area (Å²) < 4.78 is 5.14. The Labute approximate surface area is 206 Å². The molecular formula is C27H39NO7. The quantitative estimate of drug-likeness (QED) is 0.290. The second kappa shape index (κ2) is 9.56. The van der Waals surface area contributed by atoms with Crippen molar-refractivity contribution in [2.75, 3.05) is 6.61 Å². The van der Waals surface area contributed by atoms with Crippen molar-refractivity contribution in [1.29, 1.82) is 0 Å². The van der Waals surface area contributed by atoms with E-state index in [1.807, 2.05) is 0 Å². The Hall–Kier alpha value is -1.84. The molecule has 1 aliphatic heterocycles. The number of carbonyl (C=O) groups excluding carboxylic acids is 2. The van der Waals surface area contributed by atoms with Crippen LogP contribution >= 0.6 is 0 Å². The molecule has 0 aromatic carbocycles. The number of hydrogen-bond donors (Lipinski definition) is 5. The van der Waals surface area contributed by atoms with E-state index >= 15 is 0 Å². The van der Waals surface area contributed by atoms with Gasteiger partial charge < -0.3 is 30.5 Å². The first-order valence-electron chi connectivity index (χ1n) is 12.7. The molecule has 1 saturated heterocycles. The van der Waals surface area contributed by atoms with Gasteiger partial charge in [0.1, 0.15) is 24.4 Å². The molecule has 1 saturated carbocycles. The molecule has 5 N–H and O–H groups in total. The SMILES string of the molecule is CC1=CCCC2C1(C)CCC(C)[C@@]2(C)CC1=CC(=O)C(N[C@@H]2C(O)O[C@@H](CO)C(O)C2O)=CC1=O. The molecule has 0 amide bonds. The van der Waals surface area contributed by atoms with Crippen molar-refractivity contribution in [2.24, 2.45) is 22.7 Å². The first-order chi connectivity index (χ1) is 16.4. The van der Waals surface area contributed by atoms with Crippen LogP contribution in [0.3, 0.4) is 0 Å². The number of fused-ring (bicyclic) bond motifs is 1. The zero-order valence-electron chi connectivity index (χ0n) is 21.0. The van der Waals surface area contributed by atoms with Gasteiger partial charge in [-0.05, 0) is 67.8 Å². The number of carbonyl (C=O) groups is 2. The molecule has 4 rings (SSSR count). The molecule has 6 unspecified atom stereocenters. The van der Waals surface area contributed by atoms with Gasteiger partial charge in [-0.1, -0.05) is 32.4 Å². The standard InChI is InChI=1S/C27H39NO7/c1-14-6-5-7-21-26(14,3)9-8-15(2)27(21,4)12-16-10-19(31)17(11-18(16)30)28-22-24(33)23(32)20(13-29)35-25(22)34/h6,10-11,15,20-25,28-29,32-34H,5,7-9,12-13H2,1-4H3/t15?,20-,21?,22-,23?,24?,25?,26?,27+/m0/s1. The van der Waals surface area contributed by atoms with Crippen molar-refractivity contribution in [3.05, 3.63) is 35.1 Å². The third kappa shape index (κ3) is 4.44. The lowest BCUT2D eigenvalue weighted by Crippen LogP contribution is -2.63. The molecule has 35 heavy (non-hydrogen) atoms. The maximum absolute atomic E-state index is 13.2. The van der Waals surface area contributed by atoms with E-state index in [1.165, 1.54) is 17.7 Å². The Balaban J connectivity index is 1.52. The van der Waals surface area contributed by atoms with Gasteiger partial charge >= 0.3 is 0 Å². The molecule has 0 aromatic heterocycles. The summed E-state index contributed by atoms with van der Waals surface area (Å²) in [6, 6.07) is -1.24. The Bertz CT molecular complexity index is 971. The normalized spacial score (nSPS) is 44.2. The molecule has 0 bridgehead atoms. The fourth-order valence-electron chi connectivity index (χ4n) is 6.90. The molecule has 3 aliphatic carbocycles. The van der Waals surface area contributed by atoms with Gasteiger partial charge in [-0.25, -0.2) is 0 Å². The average Bonchev–Trinajstić information content (AvgIpc) is 2.81. The van der Waals surface area contributed by atoms with Crippen LogP contribution < -0.4 is 5.32 Å². The van der Waals surface area contributed by atoms with E-state index in [0.717, 1.165) is 25.7 Å².